The zero-order valence-electron chi connectivity index (χ0n) is 74.7. The van der Waals surface area contributed by atoms with Crippen LogP contribution >= 0.6 is 11.8 Å². The van der Waals surface area contributed by atoms with Gasteiger partial charge in [0.1, 0.15) is 90.1 Å². The number of aliphatic carboxylic acids is 1. The molecule has 3 fully saturated rings. The van der Waals surface area contributed by atoms with E-state index < -0.39 is 258 Å². The van der Waals surface area contributed by atoms with E-state index in [1.807, 2.05) is 0 Å². The first-order chi connectivity index (χ1) is 62.7. The molecule has 5 aromatic carbocycles. The van der Waals surface area contributed by atoms with Crippen LogP contribution < -0.4 is 53.6 Å². The molecule has 712 valence electrons. The Labute approximate surface area is 764 Å². The maximum atomic E-state index is 15.6. The number of carbonyl (C=O) groups excluding carboxylic acids is 15. The lowest BCUT2D eigenvalue weighted by Crippen LogP contribution is -2.63. The lowest BCUT2D eigenvalue weighted by Gasteiger charge is -2.38. The molecule has 0 aliphatic carbocycles. The molecule has 0 spiro atoms. The summed E-state index contributed by atoms with van der Waals surface area (Å²) in [7, 11) is 3.62. The zero-order valence-corrected chi connectivity index (χ0v) is 75.5. The van der Waals surface area contributed by atoms with Crippen LogP contribution in [-0.4, -0.2) is 277 Å². The molecule has 0 saturated carbocycles. The number of aliphatic hydroxyl groups excluding tert-OH is 1. The van der Waals surface area contributed by atoms with Crippen LogP contribution in [0.3, 0.4) is 0 Å². The van der Waals surface area contributed by atoms with E-state index in [0.29, 0.717) is 64.3 Å². The third kappa shape index (κ3) is 28.0. The fourth-order valence-electron chi connectivity index (χ4n) is 16.3. The number of phenols is 1. The predicted octanol–water partition coefficient (Wildman–Crippen LogP) is 2.38. The largest absolute Gasteiger partial charge is 0.508 e. The third-order valence-electron chi connectivity index (χ3n) is 23.5. The normalized spacial score (nSPS) is 23.8. The molecule has 15 N–H and O–H groups in total. The van der Waals surface area contributed by atoms with Crippen LogP contribution in [0.1, 0.15) is 127 Å². The van der Waals surface area contributed by atoms with E-state index in [4.69, 9.17) is 5.73 Å². The second kappa shape index (κ2) is 48.2. The number of nitrogens with one attached hydrogen (secondary N) is 10. The summed E-state index contributed by atoms with van der Waals surface area (Å²) in [6.45, 7) is 6.10. The Balaban J connectivity index is 1.13. The Morgan fingerprint density at radius 2 is 1.06 bits per heavy atom. The number of amides is 15. The number of carboxylic acids is 1. The fraction of sp³-hybridized carbons (Fsp3) is 0.478. The molecule has 1 unspecified atom stereocenters. The number of halogens is 4. The molecular weight excluding hydrogens is 1740 g/mol. The van der Waals surface area contributed by atoms with E-state index in [0.717, 1.165) is 38.8 Å². The number of primary amides is 1. The highest BCUT2D eigenvalue weighted by Gasteiger charge is 2.46. The van der Waals surface area contributed by atoms with Gasteiger partial charge in [-0.15, -0.1) is 11.8 Å². The monoisotopic (exact) mass is 1860 g/mol. The van der Waals surface area contributed by atoms with Gasteiger partial charge >= 0.3 is 5.97 Å². The van der Waals surface area contributed by atoms with E-state index in [-0.39, 0.29) is 88.6 Å². The summed E-state index contributed by atoms with van der Waals surface area (Å²) in [4.78, 5) is 245. The van der Waals surface area contributed by atoms with Gasteiger partial charge in [0, 0.05) is 89.2 Å². The maximum absolute atomic E-state index is 15.6. The number of unbranched alkanes of at least 4 members (excludes halogenated alkanes) is 1. The van der Waals surface area contributed by atoms with Crippen LogP contribution in [0.2, 0.25) is 0 Å². The van der Waals surface area contributed by atoms with Crippen molar-refractivity contribution in [2.75, 3.05) is 58.9 Å². The number of thioether (sulfide) groups is 1. The fourth-order valence-corrected chi connectivity index (χ4v) is 17.2. The highest BCUT2D eigenvalue weighted by atomic mass is 32.2. The quantitative estimate of drug-likeness (QED) is 0.0343. The number of hydrogen-bond acceptors (Lipinski definition) is 19. The molecule has 3 aliphatic rings. The Morgan fingerprint density at radius 3 is 1.69 bits per heavy atom. The number of aliphatic hydroxyl groups is 1. The van der Waals surface area contributed by atoms with Gasteiger partial charge in [-0.2, -0.15) is 0 Å². The van der Waals surface area contributed by atoms with Crippen molar-refractivity contribution < 1.29 is 110 Å². The van der Waals surface area contributed by atoms with Gasteiger partial charge in [0.15, 0.2) is 17.5 Å². The maximum Gasteiger partial charge on any atom is 0.305 e. The number of carboxylic acid groups (broad SMARTS) is 1. The summed E-state index contributed by atoms with van der Waals surface area (Å²) >= 11 is 0.648. The number of carbonyl (C=O) groups is 16. The number of piperidine rings is 1. The molecule has 15 amide bonds. The van der Waals surface area contributed by atoms with E-state index in [9.17, 15) is 57.7 Å². The van der Waals surface area contributed by atoms with Crippen LogP contribution in [-0.2, 0) is 109 Å². The molecule has 4 heterocycles. The molecule has 9 rings (SSSR count). The molecule has 3 aliphatic heterocycles. The summed E-state index contributed by atoms with van der Waals surface area (Å²) in [5.74, 6) is -25.4. The molecule has 6 aromatic rings. The lowest BCUT2D eigenvalue weighted by atomic mass is 9.97. The Hall–Kier alpha value is -13.0. The third-order valence-corrected chi connectivity index (χ3v) is 24.6. The van der Waals surface area contributed by atoms with Crippen LogP contribution in [0, 0.1) is 35.1 Å². The highest BCUT2D eigenvalue weighted by Crippen LogP contribution is 2.29. The van der Waals surface area contributed by atoms with Crippen molar-refractivity contribution in [1.82, 2.24) is 77.3 Å². The van der Waals surface area contributed by atoms with Crippen molar-refractivity contribution in [3.8, 4) is 5.75 Å². The average molecular weight is 1860 g/mol. The second-order valence-electron chi connectivity index (χ2n) is 34.1. The minimum atomic E-state index is -1.95. The van der Waals surface area contributed by atoms with Gasteiger partial charge in [-0.3, -0.25) is 76.7 Å². The topological polar surface area (TPSA) is 500 Å². The number of nitrogens with two attached hydrogens (primary N) is 1. The second-order valence-corrected chi connectivity index (χ2v) is 35.2. The summed E-state index contributed by atoms with van der Waals surface area (Å²) in [6, 6.07) is 5.02. The Kier molecular flexibility index (Phi) is 37.5. The number of hydrogen-bond donors (Lipinski definition) is 14. The van der Waals surface area contributed by atoms with Crippen LogP contribution in [0.5, 0.6) is 5.75 Å². The van der Waals surface area contributed by atoms with Crippen molar-refractivity contribution in [2.24, 2.45) is 17.6 Å². The van der Waals surface area contributed by atoms with Crippen LogP contribution in [0.25, 0.3) is 10.9 Å². The number of rotatable bonds is 22. The van der Waals surface area contributed by atoms with Gasteiger partial charge in [0.25, 0.3) is 0 Å². The van der Waals surface area contributed by atoms with E-state index in [1.54, 1.807) is 95.4 Å². The van der Waals surface area contributed by atoms with Gasteiger partial charge in [-0.25, -0.2) is 17.6 Å². The van der Waals surface area contributed by atoms with Gasteiger partial charge in [0.2, 0.25) is 88.6 Å². The minimum Gasteiger partial charge on any atom is -0.508 e. The molecule has 0 radical (unpaired) electrons. The number of likely N-dealkylation sites (N-methyl/N-ethyl adjacent to an activating group) is 3. The van der Waals surface area contributed by atoms with Crippen LogP contribution in [0.15, 0.2) is 121 Å². The number of para-hydroxylation sites is 1. The van der Waals surface area contributed by atoms with Crippen LogP contribution in [0.4, 0.5) is 17.6 Å². The van der Waals surface area contributed by atoms with Gasteiger partial charge < -0.3 is 98.4 Å². The first kappa shape index (κ1) is 103. The molecule has 13 atom stereocenters. The molecule has 132 heavy (non-hydrogen) atoms. The van der Waals surface area contributed by atoms with Crippen molar-refractivity contribution in [1.29, 1.82) is 0 Å². The van der Waals surface area contributed by atoms with Gasteiger partial charge in [0.05, 0.1) is 25.3 Å². The average Bonchev–Trinajstić information content (AvgIpc) is 1.45. The number of nitrogens with zero attached hydrogens (tertiary/aromatic N) is 5. The van der Waals surface area contributed by atoms with Crippen molar-refractivity contribution >= 4 is 117 Å². The number of phenolic OH excluding ortho intramolecular Hbond substituents is 1. The lowest BCUT2D eigenvalue weighted by molar-refractivity contribution is -0.152. The van der Waals surface area contributed by atoms with Crippen molar-refractivity contribution in [3.63, 3.8) is 0 Å². The summed E-state index contributed by atoms with van der Waals surface area (Å²) in [5, 5.41) is 55.7. The first-order valence-corrected chi connectivity index (χ1v) is 45.0. The highest BCUT2D eigenvalue weighted by molar-refractivity contribution is 8.00. The standard InChI is InChI=1S/C92H116F4N16O19S/c1-9-10-23-72-91(130)112-35-18-25-71(112)86(125)105-68(47-113)84(123)107-79(51(4)5)92(131)109(7)73(41-52-19-12-11-13-20-52)87(126)104-67(44-77(117)118)89(128)111-34-17-16-24-70(111)85(124)103-65(43-56-45-98-62-22-15-14-21-59(56)62)83(122)102-64(39-53-28-32-58(114)33-29-53)82(121)101-63(36-50(2)3)81(120)106-69(80(119)99-46-75(97)115)48-132-49-76(116)100-66(40-55-37-60(94)78(96)61(95)38-55)88(127)110(8)74(90(129)108(72)6)42-54-26-30-57(93)31-27-54/h11-15,19-22,26-33,37-38,45,50-51,63-74,79,98,113-114H,9-10,16-18,23-25,34-36,39-44,46-49H2,1-8H3,(H2,97,115)(H,99,119)(H,100,116)(H,101,121)(H,102,122)(H,103,124)(H,104,126)(H,105,125)(H,106,120)(H,107,123)(H,117,118)/t63-,64-,65-,66-,67-,68-,69-,70+,71+,72-,73?,74-,79-/m0/s1. The van der Waals surface area contributed by atoms with Gasteiger partial charge in [-0.1, -0.05) is 120 Å². The molecule has 35 nitrogen and oxygen atoms in total. The molecule has 0 bridgehead atoms. The number of aromatic amines is 1. The van der Waals surface area contributed by atoms with Gasteiger partial charge in [-0.05, 0) is 127 Å². The number of benzene rings is 5. The first-order valence-electron chi connectivity index (χ1n) is 43.8. The van der Waals surface area contributed by atoms with Crippen molar-refractivity contribution in [2.45, 2.75) is 209 Å². The summed E-state index contributed by atoms with van der Waals surface area (Å²) in [5.41, 5.74) is 7.16. The number of aromatic hydroxyl groups is 1. The number of aromatic nitrogens is 1. The molecule has 3 saturated heterocycles. The smallest absolute Gasteiger partial charge is 0.305 e. The Bertz CT molecular complexity index is 5130. The SMILES string of the molecule is CCCC[C@H]1C(=O)N2CCC[C@@H]2C(=O)N[C@@H](CO)C(=O)N[C@@H](C(C)C)C(=O)N(C)C(Cc2ccccc2)C(=O)N[C@@H](CC(=O)O)C(=O)N2CCCC[C@@H]2C(=O)N[C@@H](Cc2c[nH]c3ccccc23)C(=O)N[C@@H](Cc2ccc(O)cc2)C(=O)N[C@@H](CC(C)C)C(=O)N[C@H](C(=O)NCC(N)=O)CSCC(=O)N[C@@H](Cc2cc(F)c(F)c(F)c2)C(=O)N(C)[C@@H](Cc2ccc(F)cc2)C(=O)N1C. The number of H-pyrrole nitrogens is 1. The van der Waals surface area contributed by atoms with Crippen molar-refractivity contribution in [3.05, 3.63) is 173 Å². The molecular formula is C92H116F4N16O19S. The summed E-state index contributed by atoms with van der Waals surface area (Å²) < 4.78 is 59.7. The van der Waals surface area contributed by atoms with E-state index in [2.05, 4.69) is 52.8 Å². The predicted molar refractivity (Wildman–Crippen MR) is 476 cm³/mol. The molecule has 40 heteroatoms. The van der Waals surface area contributed by atoms with E-state index >= 15 is 51.9 Å². The van der Waals surface area contributed by atoms with E-state index in [1.165, 1.54) is 55.4 Å². The summed E-state index contributed by atoms with van der Waals surface area (Å²) in [6.07, 6.45) is -0.571. The molecule has 1 aromatic heterocycles. The number of fused-ring (bicyclic) bond motifs is 3. The zero-order chi connectivity index (χ0) is 96.5. The Morgan fingerprint density at radius 1 is 0.530 bits per heavy atom. The minimum absolute atomic E-state index is 0.0224.